The average molecular weight is 310 g/mol. The van der Waals surface area contributed by atoms with Gasteiger partial charge in [0.1, 0.15) is 0 Å². The van der Waals surface area contributed by atoms with Crippen LogP contribution in [0, 0.1) is 5.92 Å². The minimum atomic E-state index is -0.0956. The summed E-state index contributed by atoms with van der Waals surface area (Å²) in [5.41, 5.74) is 0.434. The lowest BCUT2D eigenvalue weighted by molar-refractivity contribution is -0.124. The topological polar surface area (TPSA) is 62.3 Å². The molecule has 0 aromatic carbocycles. The molecule has 5 nitrogen and oxygen atoms in total. The number of nitrogens with one attached hydrogen (secondary N) is 1. The standard InChI is InChI=1S/C15H20ClN3O2/c1-10(2)14(20)18-11-4-7-19(8-5-11)15(21)12-9-17-6-3-13(12)16/h3,6,9-11H,4-5,7-8H2,1-2H3,(H,18,20). The zero-order valence-electron chi connectivity index (χ0n) is 12.3. The lowest BCUT2D eigenvalue weighted by atomic mass is 10.0. The molecule has 21 heavy (non-hydrogen) atoms. The van der Waals surface area contributed by atoms with Gasteiger partial charge in [0, 0.05) is 37.4 Å². The van der Waals surface area contributed by atoms with Crippen molar-refractivity contribution >= 4 is 23.4 Å². The fraction of sp³-hybridized carbons (Fsp3) is 0.533. The quantitative estimate of drug-likeness (QED) is 0.930. The van der Waals surface area contributed by atoms with Gasteiger partial charge in [-0.1, -0.05) is 25.4 Å². The highest BCUT2D eigenvalue weighted by Gasteiger charge is 2.26. The molecule has 0 radical (unpaired) electrons. The molecular formula is C15H20ClN3O2. The second-order valence-electron chi connectivity index (χ2n) is 5.59. The molecule has 2 heterocycles. The summed E-state index contributed by atoms with van der Waals surface area (Å²) in [6.07, 6.45) is 4.59. The Morgan fingerprint density at radius 3 is 2.62 bits per heavy atom. The van der Waals surface area contributed by atoms with Crippen LogP contribution in [0.1, 0.15) is 37.0 Å². The van der Waals surface area contributed by atoms with Crippen LogP contribution in [0.3, 0.4) is 0 Å². The van der Waals surface area contributed by atoms with Crippen molar-refractivity contribution in [1.29, 1.82) is 0 Å². The highest BCUT2D eigenvalue weighted by Crippen LogP contribution is 2.19. The van der Waals surface area contributed by atoms with Crippen molar-refractivity contribution in [2.24, 2.45) is 5.92 Å². The first-order valence-corrected chi connectivity index (χ1v) is 7.56. The van der Waals surface area contributed by atoms with E-state index in [0.29, 0.717) is 23.7 Å². The number of piperidine rings is 1. The van der Waals surface area contributed by atoms with E-state index in [9.17, 15) is 9.59 Å². The average Bonchev–Trinajstić information content (AvgIpc) is 2.47. The second-order valence-corrected chi connectivity index (χ2v) is 5.99. The van der Waals surface area contributed by atoms with Gasteiger partial charge in [0.25, 0.3) is 5.91 Å². The van der Waals surface area contributed by atoms with Crippen LogP contribution in [0.15, 0.2) is 18.5 Å². The van der Waals surface area contributed by atoms with Gasteiger partial charge >= 0.3 is 0 Å². The van der Waals surface area contributed by atoms with E-state index < -0.39 is 0 Å². The first kappa shape index (κ1) is 15.8. The van der Waals surface area contributed by atoms with E-state index in [1.165, 1.54) is 6.20 Å². The predicted octanol–water partition coefficient (Wildman–Crippen LogP) is 2.11. The zero-order valence-corrected chi connectivity index (χ0v) is 13.1. The number of halogens is 1. The van der Waals surface area contributed by atoms with Crippen LogP contribution in [-0.4, -0.2) is 40.8 Å². The molecule has 1 aliphatic heterocycles. The van der Waals surface area contributed by atoms with Gasteiger partial charge in [-0.05, 0) is 18.9 Å². The number of aromatic nitrogens is 1. The van der Waals surface area contributed by atoms with Gasteiger partial charge in [0.05, 0.1) is 10.6 Å². The fourth-order valence-electron chi connectivity index (χ4n) is 2.30. The van der Waals surface area contributed by atoms with Crippen molar-refractivity contribution in [3.05, 3.63) is 29.0 Å². The van der Waals surface area contributed by atoms with Crippen molar-refractivity contribution in [2.75, 3.05) is 13.1 Å². The lowest BCUT2D eigenvalue weighted by Crippen LogP contribution is -2.47. The first-order chi connectivity index (χ1) is 9.99. The van der Waals surface area contributed by atoms with Gasteiger partial charge in [0.15, 0.2) is 0 Å². The van der Waals surface area contributed by atoms with Crippen LogP contribution >= 0.6 is 11.6 Å². The molecular weight excluding hydrogens is 290 g/mol. The molecule has 1 fully saturated rings. The minimum absolute atomic E-state index is 0.0149. The molecule has 2 rings (SSSR count). The Morgan fingerprint density at radius 1 is 1.38 bits per heavy atom. The van der Waals surface area contributed by atoms with Crippen LogP contribution < -0.4 is 5.32 Å². The van der Waals surface area contributed by atoms with Crippen molar-refractivity contribution < 1.29 is 9.59 Å². The van der Waals surface area contributed by atoms with Gasteiger partial charge in [-0.25, -0.2) is 0 Å². The van der Waals surface area contributed by atoms with Gasteiger partial charge < -0.3 is 10.2 Å². The summed E-state index contributed by atoms with van der Waals surface area (Å²) in [5.74, 6) is -0.0457. The monoisotopic (exact) mass is 309 g/mol. The zero-order chi connectivity index (χ0) is 15.4. The van der Waals surface area contributed by atoms with Crippen LogP contribution in [0.5, 0.6) is 0 Å². The molecule has 2 amide bonds. The highest BCUT2D eigenvalue weighted by molar-refractivity contribution is 6.33. The maximum absolute atomic E-state index is 12.4. The van der Waals surface area contributed by atoms with E-state index in [-0.39, 0.29) is 23.8 Å². The van der Waals surface area contributed by atoms with E-state index in [2.05, 4.69) is 10.3 Å². The van der Waals surface area contributed by atoms with E-state index >= 15 is 0 Å². The summed E-state index contributed by atoms with van der Waals surface area (Å²) < 4.78 is 0. The molecule has 1 aromatic heterocycles. The normalized spacial score (nSPS) is 16.1. The number of amides is 2. The maximum atomic E-state index is 12.4. The number of nitrogens with zero attached hydrogens (tertiary/aromatic N) is 2. The third-order valence-electron chi connectivity index (χ3n) is 3.65. The second kappa shape index (κ2) is 6.89. The van der Waals surface area contributed by atoms with Crippen molar-refractivity contribution in [2.45, 2.75) is 32.7 Å². The summed E-state index contributed by atoms with van der Waals surface area (Å²) in [6.45, 7) is 4.98. The molecule has 1 saturated heterocycles. The van der Waals surface area contributed by atoms with Gasteiger partial charge in [-0.2, -0.15) is 0 Å². The SMILES string of the molecule is CC(C)C(=O)NC1CCN(C(=O)c2cnccc2Cl)CC1. The van der Waals surface area contributed by atoms with E-state index in [4.69, 9.17) is 11.6 Å². The predicted molar refractivity (Wildman–Crippen MR) is 81.2 cm³/mol. The summed E-state index contributed by atoms with van der Waals surface area (Å²) in [5, 5.41) is 3.44. The Labute approximate surface area is 129 Å². The minimum Gasteiger partial charge on any atom is -0.353 e. The Kier molecular flexibility index (Phi) is 5.17. The van der Waals surface area contributed by atoms with Gasteiger partial charge in [-0.15, -0.1) is 0 Å². The van der Waals surface area contributed by atoms with Crippen molar-refractivity contribution in [1.82, 2.24) is 15.2 Å². The molecule has 0 unspecified atom stereocenters. The molecule has 114 valence electrons. The largest absolute Gasteiger partial charge is 0.353 e. The number of likely N-dealkylation sites (tertiary alicyclic amines) is 1. The summed E-state index contributed by atoms with van der Waals surface area (Å²) >= 11 is 6.03. The fourth-order valence-corrected chi connectivity index (χ4v) is 2.49. The van der Waals surface area contributed by atoms with Crippen LogP contribution in [0.4, 0.5) is 0 Å². The summed E-state index contributed by atoms with van der Waals surface area (Å²) in [6, 6.07) is 1.76. The van der Waals surface area contributed by atoms with Crippen LogP contribution in [0.2, 0.25) is 5.02 Å². The van der Waals surface area contributed by atoms with Gasteiger partial charge in [0.2, 0.25) is 5.91 Å². The van der Waals surface area contributed by atoms with Gasteiger partial charge in [-0.3, -0.25) is 14.6 Å². The molecule has 1 N–H and O–H groups in total. The molecule has 0 bridgehead atoms. The number of hydrogen-bond donors (Lipinski definition) is 1. The first-order valence-electron chi connectivity index (χ1n) is 7.18. The highest BCUT2D eigenvalue weighted by atomic mass is 35.5. The number of carbonyl (C=O) groups excluding carboxylic acids is 2. The van der Waals surface area contributed by atoms with Crippen molar-refractivity contribution in [3.63, 3.8) is 0 Å². The molecule has 1 aliphatic rings. The number of pyridine rings is 1. The summed E-state index contributed by atoms with van der Waals surface area (Å²) in [4.78, 5) is 29.8. The van der Waals surface area contributed by atoms with E-state index in [1.54, 1.807) is 17.2 Å². The molecule has 0 saturated carbocycles. The van der Waals surface area contributed by atoms with Crippen LogP contribution in [0.25, 0.3) is 0 Å². The number of rotatable bonds is 3. The Bertz CT molecular complexity index is 525. The van der Waals surface area contributed by atoms with Crippen LogP contribution in [-0.2, 0) is 4.79 Å². The third-order valence-corrected chi connectivity index (χ3v) is 3.98. The Hall–Kier alpha value is -1.62. The number of carbonyl (C=O) groups is 2. The molecule has 0 spiro atoms. The third kappa shape index (κ3) is 3.94. The van der Waals surface area contributed by atoms with E-state index in [1.807, 2.05) is 13.8 Å². The summed E-state index contributed by atoms with van der Waals surface area (Å²) in [7, 11) is 0. The Balaban J connectivity index is 1.91. The van der Waals surface area contributed by atoms with Crippen molar-refractivity contribution in [3.8, 4) is 0 Å². The molecule has 1 aromatic rings. The Morgan fingerprint density at radius 2 is 2.05 bits per heavy atom. The molecule has 0 atom stereocenters. The number of hydrogen-bond acceptors (Lipinski definition) is 3. The molecule has 6 heteroatoms. The van der Waals surface area contributed by atoms with E-state index in [0.717, 1.165) is 12.8 Å². The smallest absolute Gasteiger partial charge is 0.256 e. The molecule has 0 aliphatic carbocycles. The maximum Gasteiger partial charge on any atom is 0.256 e. The lowest BCUT2D eigenvalue weighted by Gasteiger charge is -2.32.